The number of hydrogen-bond acceptors (Lipinski definition) is 2. The zero-order valence-electron chi connectivity index (χ0n) is 13.7. The van der Waals surface area contributed by atoms with E-state index >= 15 is 0 Å². The molecule has 0 spiro atoms. The highest BCUT2D eigenvalue weighted by molar-refractivity contribution is 7.87. The average molecular weight is 584 g/mol. The summed E-state index contributed by atoms with van der Waals surface area (Å²) in [5, 5.41) is 0. The minimum Gasteiger partial charge on any atom is -0.523 e. The zero-order valence-corrected chi connectivity index (χ0v) is 15.5. The molecular formula is C8F20NO2P2-. The van der Waals surface area contributed by atoms with Crippen LogP contribution in [0.1, 0.15) is 0 Å². The Morgan fingerprint density at radius 1 is 0.333 bits per heavy atom. The summed E-state index contributed by atoms with van der Waals surface area (Å²) >= 11 is 0. The molecule has 0 radical (unpaired) electrons. The van der Waals surface area contributed by atoms with Crippen LogP contribution in [-0.2, 0) is 9.13 Å². The van der Waals surface area contributed by atoms with E-state index in [0.29, 0.717) is 0 Å². The molecule has 0 saturated heterocycles. The first-order valence-electron chi connectivity index (χ1n) is 6.44. The molecule has 0 amide bonds. The van der Waals surface area contributed by atoms with Gasteiger partial charge in [0.25, 0.3) is 0 Å². The predicted molar refractivity (Wildman–Crippen MR) is 62.6 cm³/mol. The van der Waals surface area contributed by atoms with Crippen LogP contribution in [0.2, 0.25) is 0 Å². The Kier molecular flexibility index (Phi) is 7.53. The molecule has 33 heavy (non-hydrogen) atoms. The first-order chi connectivity index (χ1) is 13.7. The molecule has 0 aromatic heterocycles. The fraction of sp³-hybridized carbons (Fsp3) is 1.00. The molecule has 0 N–H and O–H groups in total. The molecule has 0 fully saturated rings. The Morgan fingerprint density at radius 3 is 0.545 bits per heavy atom. The summed E-state index contributed by atoms with van der Waals surface area (Å²) in [6.45, 7) is 0. The normalized spacial score (nSPS) is 16.8. The second-order valence-electron chi connectivity index (χ2n) is 5.40. The number of halogens is 20. The lowest BCUT2D eigenvalue weighted by Gasteiger charge is -2.50. The molecule has 0 aromatic carbocycles. The van der Waals surface area contributed by atoms with Crippen molar-refractivity contribution in [3.8, 4) is 0 Å². The number of nitrogens with zero attached hydrogens (tertiary/aromatic N) is 1. The second kappa shape index (κ2) is 7.76. The smallest absolute Gasteiger partial charge is 0.459 e. The van der Waals surface area contributed by atoms with E-state index in [4.69, 9.17) is 0 Å². The Labute approximate surface area is 165 Å². The van der Waals surface area contributed by atoms with Gasteiger partial charge in [0.05, 0.1) is 0 Å². The quantitative estimate of drug-likeness (QED) is 0.232. The van der Waals surface area contributed by atoms with Crippen molar-refractivity contribution >= 4 is 14.6 Å². The lowest BCUT2D eigenvalue weighted by Crippen LogP contribution is -2.50. The third-order valence-corrected chi connectivity index (χ3v) is 9.21. The van der Waals surface area contributed by atoms with Crippen molar-refractivity contribution in [3.63, 3.8) is 0 Å². The van der Waals surface area contributed by atoms with Crippen LogP contribution in [0.15, 0.2) is 0 Å². The van der Waals surface area contributed by atoms with Crippen molar-refractivity contribution in [1.29, 1.82) is 0 Å². The molecule has 25 heteroatoms. The Morgan fingerprint density at radius 2 is 0.455 bits per heavy atom. The summed E-state index contributed by atoms with van der Waals surface area (Å²) < 4.78 is 277. The van der Waals surface area contributed by atoms with Gasteiger partial charge < -0.3 is 14.0 Å². The van der Waals surface area contributed by atoms with E-state index < -0.39 is 66.8 Å². The van der Waals surface area contributed by atoms with Crippen molar-refractivity contribution < 1.29 is 96.9 Å². The minimum absolute atomic E-state index is 0.476. The van der Waals surface area contributed by atoms with Gasteiger partial charge in [-0.2, -0.15) is 87.8 Å². The van der Waals surface area contributed by atoms with Crippen LogP contribution in [-0.4, -0.2) is 47.4 Å². The molecule has 0 atom stereocenters. The van der Waals surface area contributed by atoms with Crippen LogP contribution >= 0.6 is 14.6 Å². The highest BCUT2D eigenvalue weighted by Crippen LogP contribution is 2.93. The van der Waals surface area contributed by atoms with Crippen molar-refractivity contribution in [2.24, 2.45) is 0 Å². The first-order valence-corrected chi connectivity index (χ1v) is 9.76. The Hall–Kier alpha value is -0.980. The zero-order chi connectivity index (χ0) is 27.7. The number of rotatable bonds is 6. The molecule has 0 unspecified atom stereocenters. The van der Waals surface area contributed by atoms with Gasteiger partial charge in [0.2, 0.25) is 0 Å². The molecule has 3 nitrogen and oxygen atoms in total. The van der Waals surface area contributed by atoms with Gasteiger partial charge in [-0.15, -0.1) is 0 Å². The lowest BCUT2D eigenvalue weighted by molar-refractivity contribution is -0.267. The standard InChI is InChI=1S/C8F20NO2P2/c9-1(10,11)5(21,22)32(30,6(23,24)2(12,13)14)29-33(31,7(25,26)3(15,16)17)8(27,28)4(18,19)20/q-1. The fourth-order valence-electron chi connectivity index (χ4n) is 1.44. The third kappa shape index (κ3) is 4.40. The maximum atomic E-state index is 13.3. The molecule has 0 bridgehead atoms. The highest BCUT2D eigenvalue weighted by Gasteiger charge is 2.85. The second-order valence-corrected chi connectivity index (χ2v) is 10.7. The summed E-state index contributed by atoms with van der Waals surface area (Å²) in [7, 11) is -20.7. The summed E-state index contributed by atoms with van der Waals surface area (Å²) in [4.78, 5) is -0.476. The van der Waals surface area contributed by atoms with Gasteiger partial charge in [0.1, 0.15) is 0 Å². The largest absolute Gasteiger partial charge is 0.523 e. The van der Waals surface area contributed by atoms with E-state index in [1.165, 1.54) is 0 Å². The van der Waals surface area contributed by atoms with Gasteiger partial charge in [-0.05, 0) is 0 Å². The van der Waals surface area contributed by atoms with E-state index in [2.05, 4.69) is 0 Å². The van der Waals surface area contributed by atoms with Crippen molar-refractivity contribution in [1.82, 2.24) is 0 Å². The first kappa shape index (κ1) is 32.0. The van der Waals surface area contributed by atoms with Crippen LogP contribution in [0.4, 0.5) is 87.8 Å². The summed E-state index contributed by atoms with van der Waals surface area (Å²) in [5.74, 6) is 0. The fourth-order valence-corrected chi connectivity index (χ4v) is 6.74. The van der Waals surface area contributed by atoms with E-state index in [1.54, 1.807) is 0 Å². The van der Waals surface area contributed by atoms with Crippen molar-refractivity contribution in [3.05, 3.63) is 4.86 Å². The number of alkyl halides is 20. The van der Waals surface area contributed by atoms with Crippen LogP contribution in [0.5, 0.6) is 0 Å². The van der Waals surface area contributed by atoms with Crippen LogP contribution in [0.3, 0.4) is 0 Å². The minimum atomic E-state index is -10.3. The van der Waals surface area contributed by atoms with Gasteiger partial charge in [-0.1, -0.05) is 0 Å². The molecule has 0 aliphatic rings. The Bertz CT molecular complexity index is 701. The molecule has 0 heterocycles. The van der Waals surface area contributed by atoms with Crippen LogP contribution in [0, 0.1) is 0 Å². The molecule has 0 rings (SSSR count). The number of hydrogen-bond donors (Lipinski definition) is 0. The summed E-state index contributed by atoms with van der Waals surface area (Å²) in [5.41, 5.74) is -34.1. The SMILES string of the molecule is O=P([N-]P(=O)(C(F)(F)C(F)(F)F)C(F)(F)C(F)(F)F)(C(F)(F)C(F)(F)F)C(F)(F)C(F)(F)F. The molecule has 0 aliphatic carbocycles. The molecule has 0 aliphatic heterocycles. The van der Waals surface area contributed by atoms with Crippen molar-refractivity contribution in [2.45, 2.75) is 47.4 Å². The summed E-state index contributed by atoms with van der Waals surface area (Å²) in [6.07, 6.45) is -32.6. The van der Waals surface area contributed by atoms with E-state index in [0.717, 1.165) is 0 Å². The topological polar surface area (TPSA) is 48.2 Å². The average Bonchev–Trinajstić information content (AvgIpc) is 2.49. The van der Waals surface area contributed by atoms with Crippen molar-refractivity contribution in [2.75, 3.05) is 0 Å². The maximum Gasteiger partial charge on any atom is 0.459 e. The lowest BCUT2D eigenvalue weighted by atomic mass is 10.7. The molecule has 0 aromatic rings. The molecule has 200 valence electrons. The van der Waals surface area contributed by atoms with E-state index in [1.807, 2.05) is 0 Å². The van der Waals surface area contributed by atoms with E-state index in [9.17, 15) is 96.9 Å². The van der Waals surface area contributed by atoms with Gasteiger partial charge in [-0.25, -0.2) is 0 Å². The van der Waals surface area contributed by atoms with Gasteiger partial charge in [0.15, 0.2) is 14.6 Å². The maximum absolute atomic E-state index is 13.3. The van der Waals surface area contributed by atoms with Gasteiger partial charge in [-0.3, -0.25) is 0 Å². The predicted octanol–water partition coefficient (Wildman–Crippen LogP) is 8.54. The third-order valence-electron chi connectivity index (χ3n) is 3.14. The summed E-state index contributed by atoms with van der Waals surface area (Å²) in [6, 6.07) is 0. The van der Waals surface area contributed by atoms with Gasteiger partial charge in [0, 0.05) is 0 Å². The Balaban J connectivity index is 7.85. The highest BCUT2D eigenvalue weighted by atomic mass is 31.2. The molecular weight excluding hydrogens is 584 g/mol. The molecule has 0 saturated carbocycles. The van der Waals surface area contributed by atoms with Crippen LogP contribution in [0.25, 0.3) is 4.86 Å². The van der Waals surface area contributed by atoms with Crippen LogP contribution < -0.4 is 0 Å². The monoisotopic (exact) mass is 584 g/mol. The van der Waals surface area contributed by atoms with Gasteiger partial charge >= 0.3 is 47.4 Å². The van der Waals surface area contributed by atoms with E-state index in [-0.39, 0.29) is 0 Å².